The zero-order chi connectivity index (χ0) is 16.4. The molecule has 118 valence electrons. The zero-order valence-corrected chi connectivity index (χ0v) is 12.6. The lowest BCUT2D eigenvalue weighted by atomic mass is 10.2. The largest absolute Gasteiger partial charge is 0.342 e. The highest BCUT2D eigenvalue weighted by molar-refractivity contribution is 6.04. The Labute approximate surface area is 136 Å². The maximum Gasteiger partial charge on any atom is 0.272 e. The summed E-state index contributed by atoms with van der Waals surface area (Å²) in [5.74, 6) is 0.527. The Morgan fingerprint density at radius 2 is 1.88 bits per heavy atom. The van der Waals surface area contributed by atoms with E-state index in [1.54, 1.807) is 0 Å². The van der Waals surface area contributed by atoms with E-state index in [0.29, 0.717) is 17.4 Å². The Morgan fingerprint density at radius 1 is 1.08 bits per heavy atom. The van der Waals surface area contributed by atoms with Crippen molar-refractivity contribution in [3.8, 4) is 11.4 Å². The third kappa shape index (κ3) is 2.63. The topological polar surface area (TPSA) is 96.7 Å². The van der Waals surface area contributed by atoms with Gasteiger partial charge in [0.15, 0.2) is 5.69 Å². The number of rotatable bonds is 4. The van der Waals surface area contributed by atoms with Gasteiger partial charge in [-0.05, 0) is 6.07 Å². The Kier molecular flexibility index (Phi) is 3.51. The fraction of sp³-hybridized carbons (Fsp3) is 0.0588. The van der Waals surface area contributed by atoms with Crippen molar-refractivity contribution in [1.29, 1.82) is 0 Å². The van der Waals surface area contributed by atoms with Crippen LogP contribution in [0.4, 0.5) is 0 Å². The van der Waals surface area contributed by atoms with Crippen LogP contribution in [0.25, 0.3) is 22.3 Å². The molecule has 0 aliphatic rings. The Bertz CT molecular complexity index is 990. The molecular weight excluding hydrogens is 306 g/mol. The van der Waals surface area contributed by atoms with Crippen LogP contribution in [-0.4, -0.2) is 26.2 Å². The maximum absolute atomic E-state index is 12.3. The van der Waals surface area contributed by atoms with Crippen LogP contribution in [0, 0.1) is 0 Å². The zero-order valence-electron chi connectivity index (χ0n) is 12.6. The average Bonchev–Trinajstić information content (AvgIpc) is 3.27. The lowest BCUT2D eigenvalue weighted by Crippen LogP contribution is -2.23. The van der Waals surface area contributed by atoms with Crippen LogP contribution in [0.3, 0.4) is 0 Å². The lowest BCUT2D eigenvalue weighted by Gasteiger charge is -1.99. The number of aromatic amines is 1. The number of aromatic nitrogens is 4. The van der Waals surface area contributed by atoms with Crippen LogP contribution >= 0.6 is 0 Å². The third-order valence-corrected chi connectivity index (χ3v) is 3.59. The molecule has 0 bridgehead atoms. The molecule has 2 heterocycles. The summed E-state index contributed by atoms with van der Waals surface area (Å²) in [6.45, 7) is 0.139. The first-order valence-corrected chi connectivity index (χ1v) is 7.40. The summed E-state index contributed by atoms with van der Waals surface area (Å²) >= 11 is 0. The van der Waals surface area contributed by atoms with Crippen LogP contribution in [0.15, 0.2) is 59.1 Å². The minimum atomic E-state index is -0.299. The summed E-state index contributed by atoms with van der Waals surface area (Å²) in [4.78, 5) is 16.6. The van der Waals surface area contributed by atoms with Crippen molar-refractivity contribution in [2.24, 2.45) is 0 Å². The molecule has 7 heteroatoms. The van der Waals surface area contributed by atoms with E-state index >= 15 is 0 Å². The average molecular weight is 319 g/mol. The van der Waals surface area contributed by atoms with E-state index in [4.69, 9.17) is 4.52 Å². The minimum absolute atomic E-state index is 0.139. The van der Waals surface area contributed by atoms with Gasteiger partial charge in [0, 0.05) is 10.9 Å². The Balaban J connectivity index is 1.47. The van der Waals surface area contributed by atoms with Gasteiger partial charge in [-0.1, -0.05) is 53.7 Å². The van der Waals surface area contributed by atoms with Gasteiger partial charge in [0.1, 0.15) is 0 Å². The summed E-state index contributed by atoms with van der Waals surface area (Å²) in [6, 6.07) is 16.9. The third-order valence-electron chi connectivity index (χ3n) is 3.59. The van der Waals surface area contributed by atoms with Crippen LogP contribution in [0.5, 0.6) is 0 Å². The molecule has 0 aliphatic heterocycles. The molecule has 7 nitrogen and oxygen atoms in total. The number of H-pyrrole nitrogens is 1. The molecule has 0 aliphatic carbocycles. The summed E-state index contributed by atoms with van der Waals surface area (Å²) in [7, 11) is 0. The first-order chi connectivity index (χ1) is 11.8. The molecule has 2 aromatic carbocycles. The molecule has 0 spiro atoms. The second-order valence-electron chi connectivity index (χ2n) is 5.18. The minimum Gasteiger partial charge on any atom is -0.342 e. The normalized spacial score (nSPS) is 10.8. The van der Waals surface area contributed by atoms with Crippen molar-refractivity contribution in [1.82, 2.24) is 25.7 Å². The number of carbonyl (C=O) groups is 1. The van der Waals surface area contributed by atoms with Crippen molar-refractivity contribution >= 4 is 16.8 Å². The van der Waals surface area contributed by atoms with Crippen molar-refractivity contribution in [2.75, 3.05) is 0 Å². The summed E-state index contributed by atoms with van der Waals surface area (Å²) in [5, 5.41) is 14.3. The van der Waals surface area contributed by atoms with Gasteiger partial charge in [0.2, 0.25) is 11.7 Å². The molecule has 4 rings (SSSR count). The number of nitrogens with zero attached hydrogens (tertiary/aromatic N) is 3. The van der Waals surface area contributed by atoms with Crippen LogP contribution < -0.4 is 5.32 Å². The lowest BCUT2D eigenvalue weighted by molar-refractivity contribution is 0.0943. The van der Waals surface area contributed by atoms with Gasteiger partial charge < -0.3 is 9.84 Å². The van der Waals surface area contributed by atoms with Gasteiger partial charge >= 0.3 is 0 Å². The quantitative estimate of drug-likeness (QED) is 0.602. The number of hydrogen-bond donors (Lipinski definition) is 2. The smallest absolute Gasteiger partial charge is 0.272 e. The molecule has 0 saturated heterocycles. The standard InChI is InChI=1S/C17H13N5O2/c23-17(15-12-8-4-5-9-13(12)20-21-15)18-10-14-19-16(22-24-14)11-6-2-1-3-7-11/h1-9H,10H2,(H,18,23)(H,20,21). The SMILES string of the molecule is O=C(NCc1nc(-c2ccccc2)no1)c1n[nH]c2ccccc12. The van der Waals surface area contributed by atoms with E-state index in [9.17, 15) is 4.79 Å². The molecule has 0 atom stereocenters. The number of fused-ring (bicyclic) bond motifs is 1. The Hall–Kier alpha value is -3.48. The predicted molar refractivity (Wildman–Crippen MR) is 87.0 cm³/mol. The number of amides is 1. The molecule has 24 heavy (non-hydrogen) atoms. The molecule has 0 fully saturated rings. The molecular formula is C17H13N5O2. The monoisotopic (exact) mass is 319 g/mol. The van der Waals surface area contributed by atoms with E-state index in [-0.39, 0.29) is 12.5 Å². The van der Waals surface area contributed by atoms with Crippen molar-refractivity contribution < 1.29 is 9.32 Å². The van der Waals surface area contributed by atoms with Gasteiger partial charge in [0.05, 0.1) is 12.1 Å². The second-order valence-corrected chi connectivity index (χ2v) is 5.18. The highest BCUT2D eigenvalue weighted by atomic mass is 16.5. The van der Waals surface area contributed by atoms with Crippen LogP contribution in [-0.2, 0) is 6.54 Å². The van der Waals surface area contributed by atoms with E-state index in [1.807, 2.05) is 54.6 Å². The molecule has 0 unspecified atom stereocenters. The van der Waals surface area contributed by atoms with Gasteiger partial charge in [-0.25, -0.2) is 0 Å². The van der Waals surface area contributed by atoms with Gasteiger partial charge in [-0.2, -0.15) is 10.1 Å². The van der Waals surface area contributed by atoms with Crippen molar-refractivity contribution in [2.45, 2.75) is 6.54 Å². The van der Waals surface area contributed by atoms with Crippen LogP contribution in [0.2, 0.25) is 0 Å². The van der Waals surface area contributed by atoms with Gasteiger partial charge in [-0.3, -0.25) is 9.89 Å². The fourth-order valence-electron chi connectivity index (χ4n) is 2.41. The number of benzene rings is 2. The molecule has 2 aromatic heterocycles. The highest BCUT2D eigenvalue weighted by Crippen LogP contribution is 2.16. The Morgan fingerprint density at radius 3 is 2.75 bits per heavy atom. The van der Waals surface area contributed by atoms with E-state index < -0.39 is 0 Å². The molecule has 4 aromatic rings. The first kappa shape index (κ1) is 14.1. The van der Waals surface area contributed by atoms with E-state index in [1.165, 1.54) is 0 Å². The summed E-state index contributed by atoms with van der Waals surface area (Å²) < 4.78 is 5.17. The second kappa shape index (κ2) is 5.96. The first-order valence-electron chi connectivity index (χ1n) is 7.40. The number of nitrogens with one attached hydrogen (secondary N) is 2. The molecule has 0 saturated carbocycles. The number of hydrogen-bond acceptors (Lipinski definition) is 5. The van der Waals surface area contributed by atoms with Gasteiger partial charge in [0.25, 0.3) is 5.91 Å². The summed E-state index contributed by atoms with van der Waals surface area (Å²) in [6.07, 6.45) is 0. The van der Waals surface area contributed by atoms with E-state index in [0.717, 1.165) is 16.5 Å². The highest BCUT2D eigenvalue weighted by Gasteiger charge is 2.15. The van der Waals surface area contributed by atoms with Crippen molar-refractivity contribution in [3.63, 3.8) is 0 Å². The molecule has 2 N–H and O–H groups in total. The molecule has 1 amide bonds. The van der Waals surface area contributed by atoms with Crippen LogP contribution in [0.1, 0.15) is 16.4 Å². The predicted octanol–water partition coefficient (Wildman–Crippen LogP) is 2.54. The summed E-state index contributed by atoms with van der Waals surface area (Å²) in [5.41, 5.74) is 2.01. The molecule has 0 radical (unpaired) electrons. The number of carbonyl (C=O) groups excluding carboxylic acids is 1. The van der Waals surface area contributed by atoms with E-state index in [2.05, 4.69) is 25.7 Å². The van der Waals surface area contributed by atoms with Gasteiger partial charge in [-0.15, -0.1) is 0 Å². The number of para-hydroxylation sites is 1. The van der Waals surface area contributed by atoms with Crippen molar-refractivity contribution in [3.05, 3.63) is 66.2 Å². The maximum atomic E-state index is 12.3. The fourth-order valence-corrected chi connectivity index (χ4v) is 2.41.